The van der Waals surface area contributed by atoms with E-state index in [4.69, 9.17) is 42.6 Å². The Bertz CT molecular complexity index is 2360. The predicted octanol–water partition coefficient (Wildman–Crippen LogP) is 8.87. The fourth-order valence-electron chi connectivity index (χ4n) is 8.46. The molecule has 0 spiro atoms. The first-order valence-electron chi connectivity index (χ1n) is 20.1. The minimum absolute atomic E-state index is 0.183. The summed E-state index contributed by atoms with van der Waals surface area (Å²) in [4.78, 5) is 36.2. The minimum atomic E-state index is -0.684. The van der Waals surface area contributed by atoms with Crippen molar-refractivity contribution in [1.82, 2.24) is 0 Å². The van der Waals surface area contributed by atoms with Crippen molar-refractivity contribution in [2.75, 3.05) is 19.8 Å². The zero-order valence-electron chi connectivity index (χ0n) is 33.1. The molecule has 12 nitrogen and oxygen atoms in total. The SMILES string of the molecule is CC(Cc1ccc2c3c(ccc2c1)Oc1ccc2cc(OC(C)OC4CCOC4=O)ccc2c1C3c1cc(I)c(OC(C)OC2CCOC2=O)c(I)c1)OC1CCOC1=O. The maximum absolute atomic E-state index is 12.1. The van der Waals surface area contributed by atoms with Crippen LogP contribution in [0.15, 0.2) is 72.8 Å². The molecular weight excluding hydrogens is 998 g/mol. The van der Waals surface area contributed by atoms with Gasteiger partial charge in [-0.25, -0.2) is 14.4 Å². The van der Waals surface area contributed by atoms with Gasteiger partial charge in [-0.2, -0.15) is 0 Å². The number of carbonyl (C=O) groups is 3. The number of carbonyl (C=O) groups excluding carboxylic acids is 3. The first kappa shape index (κ1) is 41.1. The molecule has 9 rings (SSSR count). The largest absolute Gasteiger partial charge is 0.465 e. The van der Waals surface area contributed by atoms with Crippen LogP contribution in [0, 0.1) is 7.14 Å². The van der Waals surface area contributed by atoms with Gasteiger partial charge in [-0.3, -0.25) is 0 Å². The van der Waals surface area contributed by atoms with Crippen LogP contribution in [-0.4, -0.2) is 74.7 Å². The van der Waals surface area contributed by atoms with E-state index in [1.807, 2.05) is 43.3 Å². The number of ether oxygens (including phenoxy) is 9. The quantitative estimate of drug-likeness (QED) is 0.0474. The number of halogens is 2. The van der Waals surface area contributed by atoms with Crippen molar-refractivity contribution >= 4 is 84.6 Å². The summed E-state index contributed by atoms with van der Waals surface area (Å²) in [6.07, 6.45) is -1.17. The van der Waals surface area contributed by atoms with Crippen molar-refractivity contribution < 1.29 is 57.0 Å². The third-order valence-corrected chi connectivity index (χ3v) is 12.7. The molecule has 5 aromatic carbocycles. The number of hydrogen-bond donors (Lipinski definition) is 0. The van der Waals surface area contributed by atoms with Crippen LogP contribution in [-0.2, 0) is 49.2 Å². The normalized spacial score (nSPS) is 22.4. The summed E-state index contributed by atoms with van der Waals surface area (Å²) in [6.45, 7) is 6.61. The highest BCUT2D eigenvalue weighted by molar-refractivity contribution is 14.1. The van der Waals surface area contributed by atoms with Gasteiger partial charge in [-0.1, -0.05) is 36.4 Å². The standard InChI is InChI=1S/C46H42I2O12/c1-23(55-37-12-15-52-44(37)49)18-26-4-8-31-27(19-26)5-10-35-41(31)40(29-21-33(47)43(34(48)22-29)59-25(3)58-39-14-17-54-46(39)51)42-32-9-7-30(20-28(32)6-11-36(42)60-35)56-24(2)57-38-13-16-53-45(38)50/h4-11,19-25,37-40H,12-18H2,1-3H3. The monoisotopic (exact) mass is 1040 g/mol. The lowest BCUT2D eigenvalue weighted by Crippen LogP contribution is -2.28. The topological polar surface area (TPSA) is 134 Å². The summed E-state index contributed by atoms with van der Waals surface area (Å²) in [6, 6.07) is 24.8. The van der Waals surface area contributed by atoms with Gasteiger partial charge in [-0.05, 0) is 141 Å². The first-order chi connectivity index (χ1) is 29.0. The second-order valence-corrected chi connectivity index (χ2v) is 17.7. The lowest BCUT2D eigenvalue weighted by Gasteiger charge is -2.32. The zero-order chi connectivity index (χ0) is 41.7. The second kappa shape index (κ2) is 17.3. The Labute approximate surface area is 373 Å². The second-order valence-electron chi connectivity index (χ2n) is 15.4. The molecule has 3 fully saturated rings. The molecule has 3 saturated heterocycles. The zero-order valence-corrected chi connectivity index (χ0v) is 37.4. The molecule has 14 heteroatoms. The molecule has 0 N–H and O–H groups in total. The Morgan fingerprint density at radius 1 is 0.617 bits per heavy atom. The molecule has 4 heterocycles. The van der Waals surface area contributed by atoms with Gasteiger partial charge in [-0.15, -0.1) is 0 Å². The highest BCUT2D eigenvalue weighted by atomic mass is 127. The molecule has 7 unspecified atom stereocenters. The maximum atomic E-state index is 12.1. The van der Waals surface area contributed by atoms with Gasteiger partial charge in [0.25, 0.3) is 0 Å². The van der Waals surface area contributed by atoms with E-state index in [9.17, 15) is 14.4 Å². The van der Waals surface area contributed by atoms with Gasteiger partial charge in [0, 0.05) is 36.3 Å². The van der Waals surface area contributed by atoms with Crippen LogP contribution in [0.2, 0.25) is 0 Å². The molecule has 312 valence electrons. The molecule has 0 aliphatic carbocycles. The molecule has 5 aromatic rings. The average molecular weight is 1040 g/mol. The molecule has 60 heavy (non-hydrogen) atoms. The van der Waals surface area contributed by atoms with Gasteiger partial charge < -0.3 is 42.6 Å². The van der Waals surface area contributed by atoms with Crippen LogP contribution in [0.1, 0.15) is 68.2 Å². The lowest BCUT2D eigenvalue weighted by molar-refractivity contribution is -0.160. The Morgan fingerprint density at radius 3 is 1.68 bits per heavy atom. The Morgan fingerprint density at radius 2 is 1.13 bits per heavy atom. The fraction of sp³-hybridized carbons (Fsp3) is 0.370. The third-order valence-electron chi connectivity index (χ3n) is 11.1. The van der Waals surface area contributed by atoms with Crippen LogP contribution in [0.25, 0.3) is 21.5 Å². The number of benzene rings is 5. The van der Waals surface area contributed by atoms with E-state index in [0.717, 1.165) is 62.4 Å². The van der Waals surface area contributed by atoms with Gasteiger partial charge >= 0.3 is 17.9 Å². The Hall–Kier alpha value is -4.23. The van der Waals surface area contributed by atoms with E-state index in [-0.39, 0.29) is 29.9 Å². The third kappa shape index (κ3) is 8.37. The Kier molecular flexibility index (Phi) is 11.8. The van der Waals surface area contributed by atoms with Crippen molar-refractivity contribution in [2.24, 2.45) is 0 Å². The summed E-state index contributed by atoms with van der Waals surface area (Å²) in [7, 11) is 0. The van der Waals surface area contributed by atoms with Crippen LogP contribution in [0.4, 0.5) is 0 Å². The predicted molar refractivity (Wildman–Crippen MR) is 235 cm³/mol. The van der Waals surface area contributed by atoms with Crippen molar-refractivity contribution in [3.8, 4) is 23.0 Å². The number of esters is 3. The molecular formula is C46H42I2O12. The molecule has 4 aliphatic rings. The van der Waals surface area contributed by atoms with Crippen LogP contribution < -0.4 is 14.2 Å². The number of cyclic esters (lactones) is 3. The summed E-state index contributed by atoms with van der Waals surface area (Å²) in [5, 5.41) is 4.03. The first-order valence-corrected chi connectivity index (χ1v) is 22.2. The summed E-state index contributed by atoms with van der Waals surface area (Å²) < 4.78 is 54.1. The number of fused-ring (bicyclic) bond motifs is 6. The highest BCUT2D eigenvalue weighted by Gasteiger charge is 2.35. The van der Waals surface area contributed by atoms with Crippen LogP contribution in [0.5, 0.6) is 23.0 Å². The maximum Gasteiger partial charge on any atom is 0.335 e. The van der Waals surface area contributed by atoms with Gasteiger partial charge in [0.05, 0.1) is 33.1 Å². The van der Waals surface area contributed by atoms with E-state index >= 15 is 0 Å². The van der Waals surface area contributed by atoms with Crippen LogP contribution >= 0.6 is 45.2 Å². The lowest BCUT2D eigenvalue weighted by atomic mass is 9.78. The van der Waals surface area contributed by atoms with Crippen LogP contribution in [0.3, 0.4) is 0 Å². The van der Waals surface area contributed by atoms with E-state index in [1.54, 1.807) is 13.8 Å². The molecule has 0 radical (unpaired) electrons. The summed E-state index contributed by atoms with van der Waals surface area (Å²) in [5.41, 5.74) is 4.15. The molecule has 0 bridgehead atoms. The molecule has 0 amide bonds. The molecule has 7 atom stereocenters. The smallest absolute Gasteiger partial charge is 0.335 e. The van der Waals surface area contributed by atoms with E-state index < -0.39 is 30.9 Å². The highest BCUT2D eigenvalue weighted by Crippen LogP contribution is 2.53. The van der Waals surface area contributed by atoms with E-state index in [2.05, 4.69) is 81.6 Å². The van der Waals surface area contributed by atoms with E-state index in [1.165, 1.54) is 0 Å². The fourth-order valence-corrected chi connectivity index (χ4v) is 10.5. The summed E-state index contributed by atoms with van der Waals surface area (Å²) in [5.74, 6) is 1.46. The number of rotatable bonds is 13. The minimum Gasteiger partial charge on any atom is -0.465 e. The van der Waals surface area contributed by atoms with Gasteiger partial charge in [0.15, 0.2) is 30.9 Å². The van der Waals surface area contributed by atoms with Crippen molar-refractivity contribution in [1.29, 1.82) is 0 Å². The van der Waals surface area contributed by atoms with Gasteiger partial charge in [0.1, 0.15) is 23.0 Å². The van der Waals surface area contributed by atoms with Crippen molar-refractivity contribution in [3.05, 3.63) is 102 Å². The van der Waals surface area contributed by atoms with E-state index in [0.29, 0.717) is 57.0 Å². The van der Waals surface area contributed by atoms with Crippen molar-refractivity contribution in [3.63, 3.8) is 0 Å². The molecule has 4 aliphatic heterocycles. The van der Waals surface area contributed by atoms with Gasteiger partial charge in [0.2, 0.25) is 0 Å². The summed E-state index contributed by atoms with van der Waals surface area (Å²) >= 11 is 4.61. The number of hydrogen-bond acceptors (Lipinski definition) is 12. The molecule has 0 aromatic heterocycles. The Balaban J connectivity index is 1.09. The van der Waals surface area contributed by atoms with Crippen molar-refractivity contribution in [2.45, 2.75) is 89.4 Å². The molecule has 0 saturated carbocycles. The average Bonchev–Trinajstić information content (AvgIpc) is 3.95.